The van der Waals surface area contributed by atoms with Crippen LogP contribution in [0, 0.1) is 0 Å². The van der Waals surface area contributed by atoms with Gasteiger partial charge in [0.1, 0.15) is 40.2 Å². The number of phenols is 1. The van der Waals surface area contributed by atoms with Gasteiger partial charge in [-0.2, -0.15) is 0 Å². The van der Waals surface area contributed by atoms with Gasteiger partial charge in [-0.3, -0.25) is 17.9 Å². The molecule has 11 heteroatoms. The molecule has 0 saturated heterocycles. The maximum absolute atomic E-state index is 10.4. The predicted octanol–water partition coefficient (Wildman–Crippen LogP) is 27.6. The summed E-state index contributed by atoms with van der Waals surface area (Å²) in [4.78, 5) is 19.4. The maximum atomic E-state index is 10.4. The molecule has 109 heavy (non-hydrogen) atoms. The number of phenolic OH excluding ortho intramolecular Hbond substituents is 1. The zero-order chi connectivity index (χ0) is 72.9. The summed E-state index contributed by atoms with van der Waals surface area (Å²) in [6.07, 6.45) is 7.76. The SMILES string of the molecule is Brc1ccc2c3ccccc3n(-c3ccccn3)c2c1.C.C.CC(C)c1cccc(C(C)C)c1-c1cnc2c3cc(O)ccc3c3cc4ccccc4cc3n12.CC(C)c1cccc(C(C)C)c1-c1cnc2c3cc(Oc4ccc5c6ccccc6n(-c6ccccn6)c5c4)ccc3c3cc4ccccc4cc3n12. The molecule has 20 rings (SSSR count). The van der Waals surface area contributed by atoms with Crippen molar-refractivity contribution in [3.63, 3.8) is 0 Å². The number of pyridine rings is 4. The van der Waals surface area contributed by atoms with Crippen molar-refractivity contribution in [2.24, 2.45) is 0 Å². The lowest BCUT2D eigenvalue weighted by molar-refractivity contribution is 0.476. The van der Waals surface area contributed by atoms with Crippen LogP contribution in [0.15, 0.2) is 296 Å². The number of hydrogen-bond acceptors (Lipinski definition) is 6. The molecule has 10 nitrogen and oxygen atoms in total. The Hall–Kier alpha value is -12.4. The van der Waals surface area contributed by atoms with E-state index in [4.69, 9.17) is 19.7 Å². The number of benzene rings is 12. The molecule has 0 radical (unpaired) electrons. The molecule has 1 N–H and O–H groups in total. The van der Waals surface area contributed by atoms with Crippen molar-refractivity contribution in [1.29, 1.82) is 0 Å². The van der Waals surface area contributed by atoms with Crippen LogP contribution in [0.1, 0.15) is 116 Å². The molecule has 0 unspecified atom stereocenters. The first-order valence-corrected chi connectivity index (χ1v) is 37.7. The van der Waals surface area contributed by atoms with Crippen LogP contribution in [0.2, 0.25) is 0 Å². The zero-order valence-corrected chi connectivity index (χ0v) is 62.4. The van der Waals surface area contributed by atoms with Gasteiger partial charge in [0.2, 0.25) is 0 Å². The highest BCUT2D eigenvalue weighted by atomic mass is 79.9. The zero-order valence-electron chi connectivity index (χ0n) is 60.8. The van der Waals surface area contributed by atoms with Gasteiger partial charge in [0.15, 0.2) is 0 Å². The molecular formula is C98H85BrN8O2. The Morgan fingerprint density at radius 1 is 0.312 bits per heavy atom. The van der Waals surface area contributed by atoms with E-state index < -0.39 is 0 Å². The van der Waals surface area contributed by atoms with Crippen LogP contribution in [0.5, 0.6) is 17.2 Å². The topological polar surface area (TPSA) is 99.7 Å². The van der Waals surface area contributed by atoms with Crippen molar-refractivity contribution in [3.8, 4) is 51.4 Å². The van der Waals surface area contributed by atoms with Gasteiger partial charge in [0.05, 0.1) is 56.9 Å². The Labute approximate surface area is 643 Å². The number of nitrogens with zero attached hydrogens (tertiary/aromatic N) is 8. The highest BCUT2D eigenvalue weighted by molar-refractivity contribution is 9.10. The first-order valence-electron chi connectivity index (χ1n) is 36.9. The number of aromatic nitrogens is 8. The molecule has 536 valence electrons. The maximum Gasteiger partial charge on any atom is 0.145 e. The van der Waals surface area contributed by atoms with Gasteiger partial charge in [-0.05, 0) is 200 Å². The van der Waals surface area contributed by atoms with Gasteiger partial charge in [-0.1, -0.05) is 226 Å². The first kappa shape index (κ1) is 70.8. The van der Waals surface area contributed by atoms with Crippen molar-refractivity contribution in [2.75, 3.05) is 0 Å². The van der Waals surface area contributed by atoms with Crippen molar-refractivity contribution in [3.05, 3.63) is 318 Å². The summed E-state index contributed by atoms with van der Waals surface area (Å²) in [5.74, 6) is 5.07. The molecule has 0 aliphatic heterocycles. The summed E-state index contributed by atoms with van der Waals surface area (Å²) < 4.78 is 16.9. The average molecular weight is 1490 g/mol. The van der Waals surface area contributed by atoms with Crippen LogP contribution in [0.25, 0.3) is 154 Å². The second-order valence-electron chi connectivity index (χ2n) is 29.2. The Morgan fingerprint density at radius 3 is 1.16 bits per heavy atom. The first-order chi connectivity index (χ1) is 52.2. The minimum Gasteiger partial charge on any atom is -0.508 e. The second kappa shape index (κ2) is 28.7. The molecule has 8 heterocycles. The highest BCUT2D eigenvalue weighted by Gasteiger charge is 2.26. The lowest BCUT2D eigenvalue weighted by Crippen LogP contribution is -2.02. The molecule has 0 bridgehead atoms. The van der Waals surface area contributed by atoms with Gasteiger partial charge in [-0.15, -0.1) is 0 Å². The number of ether oxygens (including phenoxy) is 1. The lowest BCUT2D eigenvalue weighted by atomic mass is 9.87. The van der Waals surface area contributed by atoms with Crippen LogP contribution < -0.4 is 4.74 Å². The summed E-state index contributed by atoms with van der Waals surface area (Å²) in [6, 6.07) is 93.5. The fourth-order valence-electron chi connectivity index (χ4n) is 16.4. The molecule has 20 aromatic rings. The van der Waals surface area contributed by atoms with E-state index in [1.165, 1.54) is 87.5 Å². The number of fused-ring (bicyclic) bond motifs is 20. The van der Waals surface area contributed by atoms with Crippen LogP contribution in [0.4, 0.5) is 0 Å². The van der Waals surface area contributed by atoms with E-state index in [0.717, 1.165) is 105 Å². The van der Waals surface area contributed by atoms with E-state index in [1.54, 1.807) is 6.07 Å². The molecule has 0 atom stereocenters. The quantitative estimate of drug-likeness (QED) is 0.108. The van der Waals surface area contributed by atoms with E-state index in [0.29, 0.717) is 23.7 Å². The molecule has 0 aliphatic rings. The minimum absolute atomic E-state index is 0. The number of imidazole rings is 2. The standard InChI is InChI=1S/C48H38N4O.C31H28N2O.C17H11BrN2.2CH4/c1-29(2)35-15-11-16-36(30(3)4)47(35)45-28-50-48-41-26-33(19-21-37(41)40-24-31-12-5-6-13-32(31)25-43(40)52(45)48)53-34-20-22-39-38-14-7-8-17-42(38)51(44(39)27-34)46-18-9-10-23-49-46;1-18(2)23-10-7-11-24(19(3)4)30(23)29-17-32-31-27-16-22(34)12-13-25(27)26-14-20-8-5-6-9-21(20)15-28(26)33(29)31;18-12-8-9-14-13-5-1-2-6-15(13)20(16(14)11-12)17-7-3-4-10-19-17;;/h5-30H,1-4H3;5-19,34H,1-4H3;1-11H;2*1H4. The molecule has 0 saturated carbocycles. The van der Waals surface area contributed by atoms with Crippen molar-refractivity contribution >= 4 is 136 Å². The number of rotatable bonds is 10. The van der Waals surface area contributed by atoms with Crippen LogP contribution in [-0.4, -0.2) is 43.0 Å². The number of para-hydroxylation sites is 2. The van der Waals surface area contributed by atoms with Gasteiger partial charge in [0, 0.05) is 77.1 Å². The summed E-state index contributed by atoms with van der Waals surface area (Å²) >= 11 is 3.56. The monoisotopic (exact) mass is 1480 g/mol. The molecule has 8 aromatic heterocycles. The predicted molar refractivity (Wildman–Crippen MR) is 463 cm³/mol. The van der Waals surface area contributed by atoms with Crippen molar-refractivity contribution in [2.45, 2.75) is 93.9 Å². The molecule has 12 aromatic carbocycles. The van der Waals surface area contributed by atoms with E-state index in [-0.39, 0.29) is 20.6 Å². The van der Waals surface area contributed by atoms with Crippen LogP contribution in [-0.2, 0) is 0 Å². The summed E-state index contributed by atoms with van der Waals surface area (Å²) in [7, 11) is 0. The fraction of sp³-hybridized carbons (Fsp3) is 0.143. The van der Waals surface area contributed by atoms with E-state index in [2.05, 4.69) is 313 Å². The van der Waals surface area contributed by atoms with Crippen molar-refractivity contribution < 1.29 is 9.84 Å². The normalized spacial score (nSPS) is 11.8. The van der Waals surface area contributed by atoms with Crippen LogP contribution in [0.3, 0.4) is 0 Å². The van der Waals surface area contributed by atoms with Gasteiger partial charge >= 0.3 is 0 Å². The molecule has 0 spiro atoms. The third-order valence-electron chi connectivity index (χ3n) is 21.3. The largest absolute Gasteiger partial charge is 0.508 e. The van der Waals surface area contributed by atoms with E-state index >= 15 is 0 Å². The molecule has 0 aliphatic carbocycles. The fourth-order valence-corrected chi connectivity index (χ4v) is 16.7. The summed E-state index contributed by atoms with van der Waals surface area (Å²) in [5.41, 5.74) is 18.7. The number of halogens is 1. The number of hydrogen-bond donors (Lipinski definition) is 1. The van der Waals surface area contributed by atoms with Gasteiger partial charge in [-0.25, -0.2) is 19.9 Å². The third kappa shape index (κ3) is 12.2. The average Bonchev–Trinajstić information content (AvgIpc) is 1.69. The minimum atomic E-state index is 0. The Kier molecular flexibility index (Phi) is 18.7. The van der Waals surface area contributed by atoms with Gasteiger partial charge in [0.25, 0.3) is 0 Å². The van der Waals surface area contributed by atoms with E-state index in [9.17, 15) is 5.11 Å². The van der Waals surface area contributed by atoms with Gasteiger partial charge < -0.3 is 9.84 Å². The van der Waals surface area contributed by atoms with Crippen molar-refractivity contribution in [1.82, 2.24) is 37.9 Å². The third-order valence-corrected chi connectivity index (χ3v) is 21.8. The Bertz CT molecular complexity index is 6850. The Morgan fingerprint density at radius 2 is 0.697 bits per heavy atom. The molecule has 0 fully saturated rings. The van der Waals surface area contributed by atoms with Crippen LogP contribution >= 0.6 is 15.9 Å². The highest BCUT2D eigenvalue weighted by Crippen LogP contribution is 2.45. The summed E-state index contributed by atoms with van der Waals surface area (Å²) in [6.45, 7) is 18.1. The molecule has 0 amide bonds. The Balaban J connectivity index is 0.000000138. The lowest BCUT2D eigenvalue weighted by Gasteiger charge is -2.20. The smallest absolute Gasteiger partial charge is 0.145 e. The second-order valence-corrected chi connectivity index (χ2v) is 30.2. The summed E-state index contributed by atoms with van der Waals surface area (Å²) in [5, 5.41) is 26.6. The number of aromatic hydroxyl groups is 1. The van der Waals surface area contributed by atoms with E-state index in [1.807, 2.05) is 67.1 Å². The molecular weight excluding hydrogens is 1400 g/mol.